The van der Waals surface area contributed by atoms with Gasteiger partial charge >= 0.3 is 5.97 Å². The second-order valence-electron chi connectivity index (χ2n) is 3.28. The molecule has 0 fully saturated rings. The van der Waals surface area contributed by atoms with E-state index in [0.29, 0.717) is 17.7 Å². The van der Waals surface area contributed by atoms with Crippen LogP contribution in [0.5, 0.6) is 0 Å². The summed E-state index contributed by atoms with van der Waals surface area (Å²) in [4.78, 5) is 10.8. The van der Waals surface area contributed by atoms with Crippen LogP contribution in [0, 0.1) is 5.82 Å². The molecule has 1 unspecified atom stereocenters. The van der Waals surface area contributed by atoms with Gasteiger partial charge in [0, 0.05) is 10.2 Å². The molecule has 0 aliphatic rings. The Hall–Kier alpha value is -0.550. The monoisotopic (exact) mass is 306 g/mol. The number of thioether (sulfide) groups is 1. The number of rotatable bonds is 5. The highest BCUT2D eigenvalue weighted by Crippen LogP contribution is 2.24. The smallest absolute Gasteiger partial charge is 0.316 e. The summed E-state index contributed by atoms with van der Waals surface area (Å²) >= 11 is 4.50. The fraction of sp³-hybridized carbons (Fsp3) is 0.364. The van der Waals surface area contributed by atoms with Gasteiger partial charge in [0.25, 0.3) is 0 Å². The predicted octanol–water partition coefficient (Wildman–Crippen LogP) is 3.68. The third-order valence-corrected chi connectivity index (χ3v) is 4.00. The zero-order valence-corrected chi connectivity index (χ0v) is 11.1. The molecule has 1 rings (SSSR count). The predicted molar refractivity (Wildman–Crippen MR) is 67.1 cm³/mol. The maximum absolute atomic E-state index is 13.3. The second-order valence-corrected chi connectivity index (χ2v) is 5.39. The molecule has 16 heavy (non-hydrogen) atoms. The SMILES string of the molecule is CCC(SCc1cc(Br)ccc1F)C(=O)O. The van der Waals surface area contributed by atoms with Crippen molar-refractivity contribution in [1.29, 1.82) is 0 Å². The second kappa shape index (κ2) is 6.25. The van der Waals surface area contributed by atoms with Gasteiger partial charge in [-0.05, 0) is 30.2 Å². The summed E-state index contributed by atoms with van der Waals surface area (Å²) in [6.07, 6.45) is 0.537. The van der Waals surface area contributed by atoms with E-state index in [0.717, 1.165) is 4.47 Å². The van der Waals surface area contributed by atoms with E-state index in [1.165, 1.54) is 17.8 Å². The Morgan fingerprint density at radius 1 is 1.62 bits per heavy atom. The number of halogens is 2. The van der Waals surface area contributed by atoms with Gasteiger partial charge < -0.3 is 5.11 Å². The zero-order valence-electron chi connectivity index (χ0n) is 8.74. The van der Waals surface area contributed by atoms with Crippen LogP contribution >= 0.6 is 27.7 Å². The Balaban J connectivity index is 2.66. The van der Waals surface area contributed by atoms with Crippen LogP contribution in [0.2, 0.25) is 0 Å². The molecule has 0 saturated carbocycles. The summed E-state index contributed by atoms with van der Waals surface area (Å²) in [7, 11) is 0. The van der Waals surface area contributed by atoms with E-state index in [9.17, 15) is 9.18 Å². The van der Waals surface area contributed by atoms with Crippen LogP contribution in [-0.2, 0) is 10.5 Å². The van der Waals surface area contributed by atoms with Gasteiger partial charge in [0.05, 0.1) is 0 Å². The summed E-state index contributed by atoms with van der Waals surface area (Å²) in [6.45, 7) is 1.81. The molecule has 0 bridgehead atoms. The molecule has 0 aromatic heterocycles. The molecule has 0 aliphatic carbocycles. The summed E-state index contributed by atoms with van der Waals surface area (Å²) in [5.74, 6) is -0.769. The lowest BCUT2D eigenvalue weighted by molar-refractivity contribution is -0.136. The molecule has 0 aliphatic heterocycles. The molecule has 0 amide bonds. The van der Waals surface area contributed by atoms with Crippen LogP contribution in [0.3, 0.4) is 0 Å². The Morgan fingerprint density at radius 2 is 2.31 bits per heavy atom. The first kappa shape index (κ1) is 13.5. The number of carboxylic acid groups (broad SMARTS) is 1. The van der Waals surface area contributed by atoms with Crippen molar-refractivity contribution in [3.8, 4) is 0 Å². The van der Waals surface area contributed by atoms with Crippen LogP contribution in [0.25, 0.3) is 0 Å². The highest BCUT2D eigenvalue weighted by Gasteiger charge is 2.16. The Bertz CT molecular complexity index is 384. The maximum Gasteiger partial charge on any atom is 0.316 e. The molecule has 1 N–H and O–H groups in total. The highest BCUT2D eigenvalue weighted by molar-refractivity contribution is 9.10. The molecule has 0 spiro atoms. The summed E-state index contributed by atoms with van der Waals surface area (Å²) < 4.78 is 14.1. The zero-order chi connectivity index (χ0) is 12.1. The lowest BCUT2D eigenvalue weighted by Crippen LogP contribution is -2.15. The van der Waals surface area contributed by atoms with E-state index in [2.05, 4.69) is 15.9 Å². The fourth-order valence-corrected chi connectivity index (χ4v) is 2.60. The molecule has 2 nitrogen and oxygen atoms in total. The minimum Gasteiger partial charge on any atom is -0.480 e. The van der Waals surface area contributed by atoms with Gasteiger partial charge in [-0.15, -0.1) is 11.8 Å². The first-order chi connectivity index (χ1) is 7.54. The van der Waals surface area contributed by atoms with Crippen molar-refractivity contribution in [3.05, 3.63) is 34.1 Å². The number of hydrogen-bond acceptors (Lipinski definition) is 2. The molecule has 5 heteroatoms. The minimum atomic E-state index is -0.845. The number of hydrogen-bond donors (Lipinski definition) is 1. The van der Waals surface area contributed by atoms with Gasteiger partial charge in [0.1, 0.15) is 11.1 Å². The van der Waals surface area contributed by atoms with Crippen molar-refractivity contribution in [3.63, 3.8) is 0 Å². The van der Waals surface area contributed by atoms with Crippen LogP contribution in [0.15, 0.2) is 22.7 Å². The van der Waals surface area contributed by atoms with Crippen molar-refractivity contribution in [2.45, 2.75) is 24.3 Å². The fourth-order valence-electron chi connectivity index (χ4n) is 1.21. The molecule has 1 atom stereocenters. The molecule has 0 saturated heterocycles. The Kier molecular flexibility index (Phi) is 5.28. The highest BCUT2D eigenvalue weighted by atomic mass is 79.9. The first-order valence-electron chi connectivity index (χ1n) is 4.83. The van der Waals surface area contributed by atoms with Gasteiger partial charge in [-0.3, -0.25) is 4.79 Å². The average molecular weight is 307 g/mol. The third kappa shape index (κ3) is 3.79. The minimum absolute atomic E-state index is 0.295. The van der Waals surface area contributed by atoms with E-state index >= 15 is 0 Å². The topological polar surface area (TPSA) is 37.3 Å². The van der Waals surface area contributed by atoms with E-state index in [-0.39, 0.29) is 5.82 Å². The van der Waals surface area contributed by atoms with Crippen molar-refractivity contribution in [2.24, 2.45) is 0 Å². The number of aliphatic carboxylic acids is 1. The Morgan fingerprint density at radius 3 is 2.88 bits per heavy atom. The average Bonchev–Trinajstić information content (AvgIpc) is 2.23. The number of carboxylic acids is 1. The molecule has 0 heterocycles. The van der Waals surface area contributed by atoms with E-state index in [1.807, 2.05) is 6.92 Å². The van der Waals surface area contributed by atoms with E-state index < -0.39 is 11.2 Å². The van der Waals surface area contributed by atoms with Crippen LogP contribution in [-0.4, -0.2) is 16.3 Å². The summed E-state index contributed by atoms with van der Waals surface area (Å²) in [5, 5.41) is 8.38. The van der Waals surface area contributed by atoms with Crippen molar-refractivity contribution in [2.75, 3.05) is 0 Å². The van der Waals surface area contributed by atoms with Crippen molar-refractivity contribution >= 4 is 33.7 Å². The lowest BCUT2D eigenvalue weighted by Gasteiger charge is -2.09. The Labute approximate surface area is 106 Å². The first-order valence-corrected chi connectivity index (χ1v) is 6.67. The molecule has 1 aromatic rings. The van der Waals surface area contributed by atoms with Gasteiger partial charge in [0.15, 0.2) is 0 Å². The molecule has 1 aromatic carbocycles. The lowest BCUT2D eigenvalue weighted by atomic mass is 10.2. The molecular weight excluding hydrogens is 295 g/mol. The van der Waals surface area contributed by atoms with Gasteiger partial charge in [-0.1, -0.05) is 22.9 Å². The van der Waals surface area contributed by atoms with Gasteiger partial charge in [0.2, 0.25) is 0 Å². The van der Waals surface area contributed by atoms with Crippen LogP contribution < -0.4 is 0 Å². The van der Waals surface area contributed by atoms with Crippen molar-refractivity contribution in [1.82, 2.24) is 0 Å². The van der Waals surface area contributed by atoms with Crippen molar-refractivity contribution < 1.29 is 14.3 Å². The van der Waals surface area contributed by atoms with Gasteiger partial charge in [-0.25, -0.2) is 4.39 Å². The summed E-state index contributed by atoms with van der Waals surface area (Å²) in [5.41, 5.74) is 0.527. The largest absolute Gasteiger partial charge is 0.480 e. The standard InChI is InChI=1S/C11H12BrFO2S/c1-2-10(11(14)15)16-6-7-5-8(12)3-4-9(7)13/h3-5,10H,2,6H2,1H3,(H,14,15). The summed E-state index contributed by atoms with van der Waals surface area (Å²) in [6, 6.07) is 4.68. The van der Waals surface area contributed by atoms with E-state index in [4.69, 9.17) is 5.11 Å². The van der Waals surface area contributed by atoms with Crippen LogP contribution in [0.4, 0.5) is 4.39 Å². The quantitative estimate of drug-likeness (QED) is 0.901. The molecule has 88 valence electrons. The number of carbonyl (C=O) groups is 1. The number of benzene rings is 1. The normalized spacial score (nSPS) is 12.4. The van der Waals surface area contributed by atoms with E-state index in [1.54, 1.807) is 12.1 Å². The van der Waals surface area contributed by atoms with Gasteiger partial charge in [-0.2, -0.15) is 0 Å². The van der Waals surface area contributed by atoms with Crippen LogP contribution in [0.1, 0.15) is 18.9 Å². The maximum atomic E-state index is 13.3. The molecule has 0 radical (unpaired) electrons. The molecular formula is C11H12BrFO2S. The third-order valence-electron chi connectivity index (χ3n) is 2.09.